The van der Waals surface area contributed by atoms with Gasteiger partial charge in [0.05, 0.1) is 32.0 Å². The lowest BCUT2D eigenvalue weighted by Crippen LogP contribution is -2.25. The predicted octanol–water partition coefficient (Wildman–Crippen LogP) is 2.19. The number of hydrogen-bond donors (Lipinski definition) is 1. The van der Waals surface area contributed by atoms with Crippen molar-refractivity contribution in [1.82, 2.24) is 5.32 Å². The van der Waals surface area contributed by atoms with Gasteiger partial charge in [-0.2, -0.15) is 0 Å². The largest absolute Gasteiger partial charge is 0.496 e. The lowest BCUT2D eigenvalue weighted by atomic mass is 10.2. The fourth-order valence-corrected chi connectivity index (χ4v) is 3.74. The number of hydrogen-bond acceptors (Lipinski definition) is 6. The molecule has 2 aromatic carbocycles. The van der Waals surface area contributed by atoms with E-state index in [1.165, 1.54) is 32.4 Å². The van der Waals surface area contributed by atoms with Crippen molar-refractivity contribution in [1.29, 1.82) is 0 Å². The average Bonchev–Trinajstić information content (AvgIpc) is 2.70. The number of carbonyl (C=O) groups is 1. The van der Waals surface area contributed by atoms with E-state index in [-0.39, 0.29) is 29.5 Å². The zero-order valence-corrected chi connectivity index (χ0v) is 16.3. The second kappa shape index (κ2) is 9.27. The molecule has 7 nitrogen and oxygen atoms in total. The number of ether oxygens (including phenoxy) is 3. The average molecular weight is 393 g/mol. The Morgan fingerprint density at radius 2 is 1.59 bits per heavy atom. The second-order valence-electron chi connectivity index (χ2n) is 5.67. The first kappa shape index (κ1) is 20.6. The third-order valence-corrected chi connectivity index (χ3v) is 5.69. The number of methoxy groups -OCH3 is 3. The molecule has 0 unspecified atom stereocenters. The SMILES string of the molecule is COc1ccccc1CNC(=O)CCS(=O)(=O)c1ccc(OC)c(OC)c1. The molecule has 0 aliphatic carbocycles. The molecule has 0 aliphatic rings. The maximum absolute atomic E-state index is 12.5. The van der Waals surface area contributed by atoms with E-state index in [0.717, 1.165) is 5.56 Å². The minimum atomic E-state index is -3.63. The summed E-state index contributed by atoms with van der Waals surface area (Å²) in [6.45, 7) is 0.263. The van der Waals surface area contributed by atoms with Crippen molar-refractivity contribution in [2.24, 2.45) is 0 Å². The first-order valence-electron chi connectivity index (χ1n) is 8.24. The molecule has 0 fully saturated rings. The minimum Gasteiger partial charge on any atom is -0.496 e. The number of benzene rings is 2. The van der Waals surface area contributed by atoms with E-state index in [0.29, 0.717) is 17.2 Å². The number of amides is 1. The number of sulfone groups is 1. The highest BCUT2D eigenvalue weighted by molar-refractivity contribution is 7.91. The molecule has 8 heteroatoms. The van der Waals surface area contributed by atoms with Crippen molar-refractivity contribution < 1.29 is 27.4 Å². The van der Waals surface area contributed by atoms with E-state index in [9.17, 15) is 13.2 Å². The highest BCUT2D eigenvalue weighted by atomic mass is 32.2. The molecule has 146 valence electrons. The molecular formula is C19H23NO6S. The van der Waals surface area contributed by atoms with Crippen LogP contribution in [-0.2, 0) is 21.2 Å². The fraction of sp³-hybridized carbons (Fsp3) is 0.316. The fourth-order valence-electron chi connectivity index (χ4n) is 2.49. The number of carbonyl (C=O) groups excluding carboxylic acids is 1. The van der Waals surface area contributed by atoms with Gasteiger partial charge < -0.3 is 19.5 Å². The molecule has 0 saturated carbocycles. The van der Waals surface area contributed by atoms with Gasteiger partial charge in [-0.25, -0.2) is 8.42 Å². The van der Waals surface area contributed by atoms with Gasteiger partial charge in [0, 0.05) is 24.6 Å². The molecule has 0 atom stereocenters. The van der Waals surface area contributed by atoms with E-state index >= 15 is 0 Å². The Morgan fingerprint density at radius 3 is 2.26 bits per heavy atom. The molecule has 0 spiro atoms. The Bertz CT molecular complexity index is 895. The summed E-state index contributed by atoms with van der Waals surface area (Å²) in [7, 11) is 0.823. The quantitative estimate of drug-likeness (QED) is 0.702. The molecule has 1 amide bonds. The number of para-hydroxylation sites is 1. The van der Waals surface area contributed by atoms with E-state index < -0.39 is 9.84 Å². The zero-order chi connectivity index (χ0) is 19.9. The predicted molar refractivity (Wildman–Crippen MR) is 101 cm³/mol. The van der Waals surface area contributed by atoms with Crippen LogP contribution in [0.5, 0.6) is 17.2 Å². The summed E-state index contributed by atoms with van der Waals surface area (Å²) in [6.07, 6.45) is -0.147. The van der Waals surface area contributed by atoms with Crippen molar-refractivity contribution >= 4 is 15.7 Å². The number of rotatable bonds is 9. The smallest absolute Gasteiger partial charge is 0.221 e. The van der Waals surface area contributed by atoms with E-state index in [1.807, 2.05) is 18.2 Å². The first-order chi connectivity index (χ1) is 12.9. The van der Waals surface area contributed by atoms with Gasteiger partial charge in [-0.1, -0.05) is 18.2 Å². The lowest BCUT2D eigenvalue weighted by Gasteiger charge is -2.11. The van der Waals surface area contributed by atoms with Crippen LogP contribution in [0.1, 0.15) is 12.0 Å². The van der Waals surface area contributed by atoms with Crippen molar-refractivity contribution in [3.63, 3.8) is 0 Å². The molecule has 27 heavy (non-hydrogen) atoms. The van der Waals surface area contributed by atoms with Crippen LogP contribution in [0.2, 0.25) is 0 Å². The number of nitrogens with one attached hydrogen (secondary N) is 1. The van der Waals surface area contributed by atoms with Crippen molar-refractivity contribution in [2.75, 3.05) is 27.1 Å². The molecule has 0 saturated heterocycles. The third kappa shape index (κ3) is 5.37. The highest BCUT2D eigenvalue weighted by Crippen LogP contribution is 2.29. The van der Waals surface area contributed by atoms with Crippen molar-refractivity contribution in [3.8, 4) is 17.2 Å². The standard InChI is InChI=1S/C19H23NO6S/c1-24-16-7-5-4-6-14(16)13-20-19(21)10-11-27(22,23)15-8-9-17(25-2)18(12-15)26-3/h4-9,12H,10-11,13H2,1-3H3,(H,20,21). The van der Waals surface area contributed by atoms with Crippen molar-refractivity contribution in [2.45, 2.75) is 17.9 Å². The minimum absolute atomic E-state index is 0.0812. The van der Waals surface area contributed by atoms with Gasteiger partial charge in [-0.15, -0.1) is 0 Å². The maximum Gasteiger partial charge on any atom is 0.221 e. The summed E-state index contributed by atoms with van der Waals surface area (Å²) in [6, 6.07) is 11.6. The Labute approximate surface area is 159 Å². The normalized spacial score (nSPS) is 10.9. The first-order valence-corrected chi connectivity index (χ1v) is 9.90. The van der Waals surface area contributed by atoms with Gasteiger partial charge >= 0.3 is 0 Å². The van der Waals surface area contributed by atoms with Crippen LogP contribution in [0.4, 0.5) is 0 Å². The molecule has 0 bridgehead atoms. The van der Waals surface area contributed by atoms with Gasteiger partial charge in [0.25, 0.3) is 0 Å². The summed E-state index contributed by atoms with van der Waals surface area (Å²) >= 11 is 0. The second-order valence-corrected chi connectivity index (χ2v) is 7.78. The van der Waals surface area contributed by atoms with Gasteiger partial charge in [0.2, 0.25) is 5.91 Å². The van der Waals surface area contributed by atoms with Gasteiger partial charge in [-0.3, -0.25) is 4.79 Å². The third-order valence-electron chi connectivity index (χ3n) is 3.98. The molecular weight excluding hydrogens is 370 g/mol. The molecule has 2 aromatic rings. The van der Waals surface area contributed by atoms with Crippen LogP contribution in [0.15, 0.2) is 47.4 Å². The van der Waals surface area contributed by atoms with E-state index in [1.54, 1.807) is 13.2 Å². The molecule has 2 rings (SSSR count). The molecule has 0 radical (unpaired) electrons. The monoisotopic (exact) mass is 393 g/mol. The Hall–Kier alpha value is -2.74. The Balaban J connectivity index is 1.97. The molecule has 0 heterocycles. The summed E-state index contributed by atoms with van der Waals surface area (Å²) in [5.74, 6) is 0.756. The molecule has 0 aromatic heterocycles. The summed E-state index contributed by atoms with van der Waals surface area (Å²) in [4.78, 5) is 12.1. The Kier molecular flexibility index (Phi) is 7.06. The topological polar surface area (TPSA) is 90.9 Å². The molecule has 1 N–H and O–H groups in total. The Morgan fingerprint density at radius 1 is 0.926 bits per heavy atom. The van der Waals surface area contributed by atoms with Crippen LogP contribution >= 0.6 is 0 Å². The lowest BCUT2D eigenvalue weighted by molar-refractivity contribution is -0.120. The van der Waals surface area contributed by atoms with Gasteiger partial charge in [0.15, 0.2) is 21.3 Å². The van der Waals surface area contributed by atoms with Gasteiger partial charge in [0.1, 0.15) is 5.75 Å². The van der Waals surface area contributed by atoms with Gasteiger partial charge in [-0.05, 0) is 18.2 Å². The maximum atomic E-state index is 12.5. The van der Waals surface area contributed by atoms with Crippen LogP contribution in [0.3, 0.4) is 0 Å². The van der Waals surface area contributed by atoms with Crippen LogP contribution in [0, 0.1) is 0 Å². The van der Waals surface area contributed by atoms with E-state index in [4.69, 9.17) is 14.2 Å². The van der Waals surface area contributed by atoms with Crippen LogP contribution in [-0.4, -0.2) is 41.4 Å². The summed E-state index contributed by atoms with van der Waals surface area (Å²) in [5, 5.41) is 2.71. The summed E-state index contributed by atoms with van der Waals surface area (Å²) < 4.78 is 40.4. The van der Waals surface area contributed by atoms with E-state index in [2.05, 4.69) is 5.32 Å². The highest BCUT2D eigenvalue weighted by Gasteiger charge is 2.19. The van der Waals surface area contributed by atoms with Crippen molar-refractivity contribution in [3.05, 3.63) is 48.0 Å². The molecule has 0 aliphatic heterocycles. The van der Waals surface area contributed by atoms with Crippen LogP contribution in [0.25, 0.3) is 0 Å². The summed E-state index contributed by atoms with van der Waals surface area (Å²) in [5.41, 5.74) is 0.816. The van der Waals surface area contributed by atoms with Crippen LogP contribution < -0.4 is 19.5 Å². The zero-order valence-electron chi connectivity index (χ0n) is 15.5.